The standard InChI is InChI=1S/C21H24N2O4S2/c1-27-21(26)23-19(25)18-15-6-4-3-5-7-16(15)29-20(18)22-17(24)12-13-8-10-14(28-2)11-9-13/h8-11H,3-7,12H2,1-2H3,(H,22,24)(H,23,25,26). The molecule has 0 atom stereocenters. The number of amides is 3. The third kappa shape index (κ3) is 5.39. The SMILES string of the molecule is COC(=O)NC(=O)c1c(NC(=O)Cc2ccc(SC)cc2)sc2c1CCCCC2. The number of thiophene rings is 1. The van der Waals surface area contributed by atoms with Crippen LogP contribution < -0.4 is 10.6 Å². The Labute approximate surface area is 178 Å². The largest absolute Gasteiger partial charge is 0.453 e. The first-order chi connectivity index (χ1) is 14.0. The van der Waals surface area contributed by atoms with Gasteiger partial charge in [-0.25, -0.2) is 4.79 Å². The second-order valence-electron chi connectivity index (χ2n) is 6.79. The average molecular weight is 433 g/mol. The lowest BCUT2D eigenvalue weighted by Gasteiger charge is -2.09. The number of carbonyl (C=O) groups excluding carboxylic acids is 3. The van der Waals surface area contributed by atoms with Crippen molar-refractivity contribution in [2.24, 2.45) is 0 Å². The quantitative estimate of drug-likeness (QED) is 0.540. The van der Waals surface area contributed by atoms with E-state index in [1.165, 1.54) is 18.4 Å². The normalized spacial score (nSPS) is 13.2. The fourth-order valence-corrected chi connectivity index (χ4v) is 5.09. The summed E-state index contributed by atoms with van der Waals surface area (Å²) in [5, 5.41) is 5.63. The molecule has 3 amide bonds. The van der Waals surface area contributed by atoms with Gasteiger partial charge in [0.1, 0.15) is 5.00 Å². The molecule has 0 spiro atoms. The van der Waals surface area contributed by atoms with Crippen LogP contribution in [0.15, 0.2) is 29.2 Å². The van der Waals surface area contributed by atoms with Gasteiger partial charge in [-0.05, 0) is 55.2 Å². The van der Waals surface area contributed by atoms with Crippen molar-refractivity contribution in [2.45, 2.75) is 43.4 Å². The highest BCUT2D eigenvalue weighted by Gasteiger charge is 2.26. The highest BCUT2D eigenvalue weighted by Crippen LogP contribution is 2.37. The van der Waals surface area contributed by atoms with Gasteiger partial charge in [-0.15, -0.1) is 23.1 Å². The van der Waals surface area contributed by atoms with Crippen LogP contribution in [0.2, 0.25) is 0 Å². The van der Waals surface area contributed by atoms with Crippen LogP contribution in [-0.2, 0) is 28.8 Å². The maximum absolute atomic E-state index is 12.7. The Hall–Kier alpha value is -2.32. The molecule has 0 fully saturated rings. The van der Waals surface area contributed by atoms with Gasteiger partial charge in [0, 0.05) is 9.77 Å². The molecule has 0 saturated heterocycles. The molecule has 1 heterocycles. The molecule has 8 heteroatoms. The van der Waals surface area contributed by atoms with E-state index < -0.39 is 12.0 Å². The molecule has 1 aromatic carbocycles. The van der Waals surface area contributed by atoms with Crippen LogP contribution in [0.5, 0.6) is 0 Å². The Morgan fingerprint density at radius 2 is 1.83 bits per heavy atom. The molecule has 0 aliphatic heterocycles. The van der Waals surface area contributed by atoms with Crippen molar-refractivity contribution in [1.82, 2.24) is 5.32 Å². The van der Waals surface area contributed by atoms with Gasteiger partial charge in [-0.2, -0.15) is 0 Å². The zero-order valence-corrected chi connectivity index (χ0v) is 18.1. The molecule has 2 aromatic rings. The van der Waals surface area contributed by atoms with Crippen LogP contribution in [0.1, 0.15) is 45.6 Å². The third-order valence-electron chi connectivity index (χ3n) is 4.83. The predicted octanol–water partition coefficient (Wildman–Crippen LogP) is 4.42. The van der Waals surface area contributed by atoms with Crippen LogP contribution in [0.25, 0.3) is 0 Å². The molecule has 29 heavy (non-hydrogen) atoms. The number of hydrogen-bond donors (Lipinski definition) is 2. The number of aryl methyl sites for hydroxylation is 1. The summed E-state index contributed by atoms with van der Waals surface area (Å²) in [6, 6.07) is 7.82. The molecule has 3 rings (SSSR count). The summed E-state index contributed by atoms with van der Waals surface area (Å²) in [6.45, 7) is 0. The molecule has 6 nitrogen and oxygen atoms in total. The van der Waals surface area contributed by atoms with Crippen molar-refractivity contribution in [3.63, 3.8) is 0 Å². The number of methoxy groups -OCH3 is 1. The summed E-state index contributed by atoms with van der Waals surface area (Å²) in [5.41, 5.74) is 2.23. The first-order valence-electron chi connectivity index (χ1n) is 9.48. The molecule has 0 unspecified atom stereocenters. The van der Waals surface area contributed by atoms with Crippen LogP contribution in [0, 0.1) is 0 Å². The second-order valence-corrected chi connectivity index (χ2v) is 8.77. The average Bonchev–Trinajstić information content (AvgIpc) is 2.88. The van der Waals surface area contributed by atoms with E-state index in [4.69, 9.17) is 0 Å². The van der Waals surface area contributed by atoms with E-state index >= 15 is 0 Å². The lowest BCUT2D eigenvalue weighted by atomic mass is 10.0. The van der Waals surface area contributed by atoms with E-state index in [1.54, 1.807) is 11.8 Å². The fourth-order valence-electron chi connectivity index (χ4n) is 3.38. The summed E-state index contributed by atoms with van der Waals surface area (Å²) < 4.78 is 4.55. The van der Waals surface area contributed by atoms with Crippen molar-refractivity contribution in [3.05, 3.63) is 45.8 Å². The molecule has 154 valence electrons. The van der Waals surface area contributed by atoms with Crippen LogP contribution >= 0.6 is 23.1 Å². The Kier molecular flexibility index (Phi) is 7.33. The van der Waals surface area contributed by atoms with Crippen LogP contribution in [0.4, 0.5) is 9.80 Å². The van der Waals surface area contributed by atoms with Crippen molar-refractivity contribution in [2.75, 3.05) is 18.7 Å². The maximum atomic E-state index is 12.7. The van der Waals surface area contributed by atoms with Gasteiger partial charge in [0.05, 0.1) is 19.1 Å². The molecule has 0 bridgehead atoms. The molecule has 1 aliphatic rings. The smallest absolute Gasteiger partial charge is 0.413 e. The van der Waals surface area contributed by atoms with Crippen molar-refractivity contribution in [3.8, 4) is 0 Å². The van der Waals surface area contributed by atoms with Gasteiger partial charge in [0.15, 0.2) is 0 Å². The monoisotopic (exact) mass is 432 g/mol. The lowest BCUT2D eigenvalue weighted by molar-refractivity contribution is -0.115. The maximum Gasteiger partial charge on any atom is 0.413 e. The molecule has 2 N–H and O–H groups in total. The Balaban J connectivity index is 1.82. The molecule has 1 aliphatic carbocycles. The zero-order valence-electron chi connectivity index (χ0n) is 16.5. The van der Waals surface area contributed by atoms with Crippen LogP contribution in [-0.4, -0.2) is 31.3 Å². The molecular formula is C21H24N2O4S2. The minimum Gasteiger partial charge on any atom is -0.453 e. The van der Waals surface area contributed by atoms with Crippen molar-refractivity contribution in [1.29, 1.82) is 0 Å². The first kappa shape index (κ1) is 21.4. The number of carbonyl (C=O) groups is 3. The number of anilines is 1. The highest BCUT2D eigenvalue weighted by molar-refractivity contribution is 7.98. The molecule has 0 saturated carbocycles. The summed E-state index contributed by atoms with van der Waals surface area (Å²) in [5.74, 6) is -0.721. The van der Waals surface area contributed by atoms with E-state index in [9.17, 15) is 14.4 Å². The summed E-state index contributed by atoms with van der Waals surface area (Å²) >= 11 is 3.08. The molecule has 0 radical (unpaired) electrons. The predicted molar refractivity (Wildman–Crippen MR) is 116 cm³/mol. The zero-order chi connectivity index (χ0) is 20.8. The number of rotatable bonds is 5. The van der Waals surface area contributed by atoms with Crippen LogP contribution in [0.3, 0.4) is 0 Å². The summed E-state index contributed by atoms with van der Waals surface area (Å²) in [7, 11) is 1.21. The Morgan fingerprint density at radius 1 is 1.10 bits per heavy atom. The van der Waals surface area contributed by atoms with Gasteiger partial charge < -0.3 is 10.1 Å². The minimum atomic E-state index is -0.810. The Bertz CT molecular complexity index is 906. The minimum absolute atomic E-state index is 0.189. The van der Waals surface area contributed by atoms with E-state index in [2.05, 4.69) is 15.4 Å². The number of hydrogen-bond acceptors (Lipinski definition) is 6. The topological polar surface area (TPSA) is 84.5 Å². The van der Waals surface area contributed by atoms with E-state index in [0.717, 1.165) is 53.0 Å². The number of nitrogens with one attached hydrogen (secondary N) is 2. The van der Waals surface area contributed by atoms with E-state index in [0.29, 0.717) is 10.6 Å². The van der Waals surface area contributed by atoms with E-state index in [1.807, 2.05) is 30.5 Å². The van der Waals surface area contributed by atoms with E-state index in [-0.39, 0.29) is 12.3 Å². The van der Waals surface area contributed by atoms with Crippen molar-refractivity contribution < 1.29 is 19.1 Å². The summed E-state index contributed by atoms with van der Waals surface area (Å²) in [6.07, 6.45) is 6.20. The molecular weight excluding hydrogens is 408 g/mol. The van der Waals surface area contributed by atoms with Gasteiger partial charge >= 0.3 is 6.09 Å². The van der Waals surface area contributed by atoms with Gasteiger partial charge in [0.2, 0.25) is 5.91 Å². The lowest BCUT2D eigenvalue weighted by Crippen LogP contribution is -2.31. The number of alkyl carbamates (subject to hydrolysis) is 1. The highest BCUT2D eigenvalue weighted by atomic mass is 32.2. The number of thioether (sulfide) groups is 1. The van der Waals surface area contributed by atoms with Gasteiger partial charge in [-0.1, -0.05) is 18.6 Å². The van der Waals surface area contributed by atoms with Gasteiger partial charge in [0.25, 0.3) is 5.91 Å². The van der Waals surface area contributed by atoms with Crippen molar-refractivity contribution >= 4 is 46.0 Å². The summed E-state index contributed by atoms with van der Waals surface area (Å²) in [4.78, 5) is 39.2. The van der Waals surface area contributed by atoms with Gasteiger partial charge in [-0.3, -0.25) is 14.9 Å². The first-order valence-corrected chi connectivity index (χ1v) is 11.5. The number of imide groups is 1. The molecule has 1 aromatic heterocycles. The third-order valence-corrected chi connectivity index (χ3v) is 6.78. The number of ether oxygens (including phenoxy) is 1. The second kappa shape index (κ2) is 9.93. The number of benzene rings is 1. The number of fused-ring (bicyclic) bond motifs is 1. The Morgan fingerprint density at radius 3 is 2.52 bits per heavy atom. The fraction of sp³-hybridized carbons (Fsp3) is 0.381.